The van der Waals surface area contributed by atoms with Gasteiger partial charge in [-0.2, -0.15) is 0 Å². The molecule has 2 aromatic rings. The molecule has 24 heavy (non-hydrogen) atoms. The second-order valence-electron chi connectivity index (χ2n) is 6.42. The summed E-state index contributed by atoms with van der Waals surface area (Å²) in [6.45, 7) is 3.68. The van der Waals surface area contributed by atoms with Gasteiger partial charge < -0.3 is 19.3 Å². The molecule has 0 spiro atoms. The number of hydrogen-bond acceptors (Lipinski definition) is 5. The van der Waals surface area contributed by atoms with Crippen molar-refractivity contribution in [3.05, 3.63) is 47.7 Å². The number of pyridine rings is 1. The van der Waals surface area contributed by atoms with Crippen molar-refractivity contribution in [3.63, 3.8) is 0 Å². The van der Waals surface area contributed by atoms with Gasteiger partial charge in [-0.1, -0.05) is 23.7 Å². The number of likely N-dealkylation sites (N-methyl/N-ethyl adjacent to an activating group) is 1. The fourth-order valence-corrected chi connectivity index (χ4v) is 3.57. The van der Waals surface area contributed by atoms with Crippen molar-refractivity contribution in [2.24, 2.45) is 0 Å². The molecule has 6 heteroatoms. The molecule has 2 aliphatic rings. The van der Waals surface area contributed by atoms with Crippen LogP contribution in [0.5, 0.6) is 11.5 Å². The predicted octanol–water partition coefficient (Wildman–Crippen LogP) is 3.05. The maximum absolute atomic E-state index is 6.16. The molecule has 1 aromatic carbocycles. The molecular weight excluding hydrogens is 326 g/mol. The van der Waals surface area contributed by atoms with Crippen LogP contribution in [0, 0.1) is 0 Å². The first-order valence-corrected chi connectivity index (χ1v) is 8.51. The Morgan fingerprint density at radius 2 is 1.88 bits per heavy atom. The van der Waals surface area contributed by atoms with Gasteiger partial charge in [-0.25, -0.2) is 0 Å². The molecule has 5 nitrogen and oxygen atoms in total. The van der Waals surface area contributed by atoms with Crippen LogP contribution in [0.3, 0.4) is 0 Å². The minimum Gasteiger partial charge on any atom is -0.454 e. The molecule has 0 radical (unpaired) electrons. The van der Waals surface area contributed by atoms with Gasteiger partial charge in [0.2, 0.25) is 0 Å². The van der Waals surface area contributed by atoms with E-state index in [1.165, 1.54) is 0 Å². The zero-order valence-corrected chi connectivity index (χ0v) is 14.3. The number of benzene rings is 1. The molecular formula is C18H20ClN3O2. The Morgan fingerprint density at radius 3 is 2.62 bits per heavy atom. The molecule has 2 saturated heterocycles. The maximum atomic E-state index is 6.16. The van der Waals surface area contributed by atoms with E-state index < -0.39 is 0 Å². The SMILES string of the molecule is CN1CC2CN(c3cncc(Oc4ccccc4Cl)c3)CC(C1)O2. The van der Waals surface area contributed by atoms with Crippen molar-refractivity contribution < 1.29 is 9.47 Å². The first-order chi connectivity index (χ1) is 11.7. The van der Waals surface area contributed by atoms with Gasteiger partial charge in [-0.05, 0) is 19.2 Å². The minimum absolute atomic E-state index is 0.246. The lowest BCUT2D eigenvalue weighted by Gasteiger charge is -2.45. The van der Waals surface area contributed by atoms with Crippen molar-refractivity contribution in [1.29, 1.82) is 0 Å². The molecule has 3 heterocycles. The van der Waals surface area contributed by atoms with Crippen LogP contribution in [0.2, 0.25) is 5.02 Å². The van der Waals surface area contributed by atoms with Crippen LogP contribution in [-0.2, 0) is 4.74 Å². The van der Waals surface area contributed by atoms with Gasteiger partial charge in [0.1, 0.15) is 11.5 Å². The number of hydrogen-bond donors (Lipinski definition) is 0. The standard InChI is InChI=1S/C18H20ClN3O2/c1-21-9-15-11-22(12-16(10-21)23-15)13-6-14(8-20-7-13)24-18-5-3-2-4-17(18)19/h2-8,15-16H,9-12H2,1H3. The van der Waals surface area contributed by atoms with Crippen LogP contribution in [0.15, 0.2) is 42.7 Å². The summed E-state index contributed by atoms with van der Waals surface area (Å²) in [7, 11) is 2.15. The van der Waals surface area contributed by atoms with Crippen LogP contribution in [0.25, 0.3) is 0 Å². The molecule has 2 atom stereocenters. The Morgan fingerprint density at radius 1 is 1.12 bits per heavy atom. The zero-order valence-electron chi connectivity index (χ0n) is 13.6. The maximum Gasteiger partial charge on any atom is 0.147 e. The molecule has 0 aliphatic carbocycles. The first-order valence-electron chi connectivity index (χ1n) is 8.14. The fourth-order valence-electron chi connectivity index (χ4n) is 3.40. The van der Waals surface area contributed by atoms with Gasteiger partial charge in [0.05, 0.1) is 35.3 Å². The molecule has 0 amide bonds. The molecule has 0 saturated carbocycles. The zero-order chi connectivity index (χ0) is 16.5. The average molecular weight is 346 g/mol. The monoisotopic (exact) mass is 345 g/mol. The Balaban J connectivity index is 1.52. The Bertz CT molecular complexity index is 709. The van der Waals surface area contributed by atoms with E-state index in [4.69, 9.17) is 21.1 Å². The van der Waals surface area contributed by atoms with Crippen LogP contribution in [-0.4, -0.2) is 55.3 Å². The lowest BCUT2D eigenvalue weighted by Crippen LogP contribution is -2.58. The van der Waals surface area contributed by atoms with Gasteiger partial charge in [0.15, 0.2) is 0 Å². The number of ether oxygens (including phenoxy) is 2. The summed E-state index contributed by atoms with van der Waals surface area (Å²) in [5.74, 6) is 1.33. The summed E-state index contributed by atoms with van der Waals surface area (Å²) < 4.78 is 11.9. The Labute approximate surface area is 146 Å². The fraction of sp³-hybridized carbons (Fsp3) is 0.389. The van der Waals surface area contributed by atoms with Gasteiger partial charge >= 0.3 is 0 Å². The van der Waals surface area contributed by atoms with Crippen molar-refractivity contribution >= 4 is 17.3 Å². The number of nitrogens with zero attached hydrogens (tertiary/aromatic N) is 3. The second-order valence-corrected chi connectivity index (χ2v) is 6.82. The van der Waals surface area contributed by atoms with Crippen molar-refractivity contribution in [1.82, 2.24) is 9.88 Å². The third kappa shape index (κ3) is 3.34. The van der Waals surface area contributed by atoms with E-state index in [1.807, 2.05) is 36.5 Å². The molecule has 2 unspecified atom stereocenters. The number of anilines is 1. The van der Waals surface area contributed by atoms with E-state index in [-0.39, 0.29) is 12.2 Å². The highest BCUT2D eigenvalue weighted by Crippen LogP contribution is 2.31. The molecule has 2 aliphatic heterocycles. The number of para-hydroxylation sites is 1. The van der Waals surface area contributed by atoms with Crippen LogP contribution in [0.1, 0.15) is 0 Å². The summed E-state index contributed by atoms with van der Waals surface area (Å²) in [5, 5.41) is 0.590. The molecule has 126 valence electrons. The normalized spacial score (nSPS) is 24.0. The van der Waals surface area contributed by atoms with E-state index in [1.54, 1.807) is 6.20 Å². The number of morpholine rings is 2. The summed E-state index contributed by atoms with van der Waals surface area (Å²) in [5.41, 5.74) is 1.06. The first kappa shape index (κ1) is 15.7. The van der Waals surface area contributed by atoms with Crippen LogP contribution >= 0.6 is 11.6 Å². The lowest BCUT2D eigenvalue weighted by molar-refractivity contribution is -0.0875. The number of rotatable bonds is 3. The second kappa shape index (κ2) is 6.59. The predicted molar refractivity (Wildman–Crippen MR) is 94.1 cm³/mol. The Kier molecular flexibility index (Phi) is 4.31. The number of fused-ring (bicyclic) bond motifs is 2. The van der Waals surface area contributed by atoms with Crippen molar-refractivity contribution in [2.75, 3.05) is 38.1 Å². The van der Waals surface area contributed by atoms with E-state index in [9.17, 15) is 0 Å². The third-order valence-electron chi connectivity index (χ3n) is 4.39. The minimum atomic E-state index is 0.246. The molecule has 2 bridgehead atoms. The summed E-state index contributed by atoms with van der Waals surface area (Å²) in [6, 6.07) is 9.46. The highest BCUT2D eigenvalue weighted by Gasteiger charge is 2.33. The van der Waals surface area contributed by atoms with Crippen LogP contribution in [0.4, 0.5) is 5.69 Å². The summed E-state index contributed by atoms with van der Waals surface area (Å²) >= 11 is 6.16. The molecule has 2 fully saturated rings. The van der Waals surface area contributed by atoms with E-state index >= 15 is 0 Å². The number of halogens is 1. The van der Waals surface area contributed by atoms with Gasteiger partial charge in [-0.3, -0.25) is 4.98 Å². The van der Waals surface area contributed by atoms with Crippen LogP contribution < -0.4 is 9.64 Å². The highest BCUT2D eigenvalue weighted by molar-refractivity contribution is 6.32. The van der Waals surface area contributed by atoms with Crippen molar-refractivity contribution in [3.8, 4) is 11.5 Å². The summed E-state index contributed by atoms with van der Waals surface area (Å²) in [6.07, 6.45) is 4.08. The van der Waals surface area contributed by atoms with E-state index in [2.05, 4.69) is 21.8 Å². The average Bonchev–Trinajstić information content (AvgIpc) is 2.56. The quantitative estimate of drug-likeness (QED) is 0.854. The van der Waals surface area contributed by atoms with Gasteiger partial charge in [0, 0.05) is 32.2 Å². The van der Waals surface area contributed by atoms with E-state index in [0.717, 1.165) is 31.9 Å². The molecule has 4 rings (SSSR count). The highest BCUT2D eigenvalue weighted by atomic mass is 35.5. The number of aromatic nitrogens is 1. The topological polar surface area (TPSA) is 37.8 Å². The van der Waals surface area contributed by atoms with E-state index in [0.29, 0.717) is 16.5 Å². The van der Waals surface area contributed by atoms with Gasteiger partial charge in [-0.15, -0.1) is 0 Å². The summed E-state index contributed by atoms with van der Waals surface area (Å²) in [4.78, 5) is 9.00. The molecule has 0 N–H and O–H groups in total. The van der Waals surface area contributed by atoms with Gasteiger partial charge in [0.25, 0.3) is 0 Å². The smallest absolute Gasteiger partial charge is 0.147 e. The Hall–Kier alpha value is -1.82. The third-order valence-corrected chi connectivity index (χ3v) is 4.70. The largest absolute Gasteiger partial charge is 0.454 e. The molecule has 1 aromatic heterocycles. The van der Waals surface area contributed by atoms with Crippen molar-refractivity contribution in [2.45, 2.75) is 12.2 Å². The lowest BCUT2D eigenvalue weighted by atomic mass is 10.1.